The molecule has 2 aromatic carbocycles. The number of fused-ring (bicyclic) bond motifs is 1. The van der Waals surface area contributed by atoms with Crippen molar-refractivity contribution in [1.82, 2.24) is 9.47 Å². The Morgan fingerprint density at radius 1 is 1.17 bits per heavy atom. The molecule has 0 saturated carbocycles. The van der Waals surface area contributed by atoms with Crippen molar-refractivity contribution in [2.45, 2.75) is 32.9 Å². The van der Waals surface area contributed by atoms with Crippen LogP contribution in [0, 0.1) is 5.92 Å². The van der Waals surface area contributed by atoms with Gasteiger partial charge in [0.05, 0.1) is 10.2 Å². The van der Waals surface area contributed by atoms with Crippen LogP contribution in [-0.4, -0.2) is 28.5 Å². The molecule has 1 aliphatic heterocycles. The normalized spacial score (nSPS) is 15.7. The first kappa shape index (κ1) is 20.1. The number of carbonyl (C=O) groups excluding carboxylic acids is 1. The Hall–Kier alpha value is -2.15. The lowest BCUT2D eigenvalue weighted by molar-refractivity contribution is -0.121. The molecular weight excluding hydrogens is 406 g/mol. The molecule has 29 heavy (non-hydrogen) atoms. The molecule has 0 bridgehead atoms. The second kappa shape index (κ2) is 8.69. The molecule has 1 saturated heterocycles. The minimum atomic E-state index is 0.0196. The van der Waals surface area contributed by atoms with Gasteiger partial charge < -0.3 is 5.32 Å². The number of halogens is 1. The molecule has 1 amide bonds. The Kier molecular flexibility index (Phi) is 6.04. The van der Waals surface area contributed by atoms with Gasteiger partial charge in [0.1, 0.15) is 0 Å². The molecule has 7 heteroatoms. The van der Waals surface area contributed by atoms with E-state index >= 15 is 0 Å². The number of hydrogen-bond donors (Lipinski definition) is 1. The number of amides is 1. The van der Waals surface area contributed by atoms with Crippen molar-refractivity contribution in [3.05, 3.63) is 62.7 Å². The van der Waals surface area contributed by atoms with Gasteiger partial charge in [-0.3, -0.25) is 19.1 Å². The summed E-state index contributed by atoms with van der Waals surface area (Å²) in [5.74, 6) is 0.0870. The Balaban J connectivity index is 1.34. The molecular formula is C22H24ClN3O2S. The number of nitrogens with one attached hydrogen (secondary N) is 1. The number of rotatable bonds is 5. The second-order valence-corrected chi connectivity index (χ2v) is 8.89. The lowest BCUT2D eigenvalue weighted by Gasteiger charge is -2.31. The number of piperidine rings is 1. The first-order valence-electron chi connectivity index (χ1n) is 9.94. The topological polar surface area (TPSA) is 54.3 Å². The summed E-state index contributed by atoms with van der Waals surface area (Å²) in [6.45, 7) is 5.30. The maximum Gasteiger partial charge on any atom is 0.308 e. The number of benzene rings is 2. The molecule has 5 nitrogen and oxygen atoms in total. The fourth-order valence-electron chi connectivity index (χ4n) is 3.89. The Bertz CT molecular complexity index is 1070. The molecule has 1 N–H and O–H groups in total. The molecule has 152 valence electrons. The SMILES string of the molecule is CCn1c(=O)sc2cc(NC(=O)C3CCN(Cc4ccc(Cl)cc4)CC3)ccc21. The predicted octanol–water partition coefficient (Wildman–Crippen LogP) is 4.59. The lowest BCUT2D eigenvalue weighted by Crippen LogP contribution is -2.37. The van der Waals surface area contributed by atoms with Gasteiger partial charge in [0, 0.05) is 29.7 Å². The van der Waals surface area contributed by atoms with Crippen LogP contribution in [0.4, 0.5) is 5.69 Å². The zero-order valence-corrected chi connectivity index (χ0v) is 17.9. The molecule has 3 aromatic rings. The van der Waals surface area contributed by atoms with Crippen LogP contribution in [0.2, 0.25) is 5.02 Å². The summed E-state index contributed by atoms with van der Waals surface area (Å²) in [6.07, 6.45) is 1.70. The molecule has 0 radical (unpaired) electrons. The smallest absolute Gasteiger partial charge is 0.308 e. The number of anilines is 1. The maximum atomic E-state index is 12.7. The second-order valence-electron chi connectivity index (χ2n) is 7.46. The zero-order chi connectivity index (χ0) is 20.4. The van der Waals surface area contributed by atoms with E-state index in [1.165, 1.54) is 16.9 Å². The molecule has 2 heterocycles. The van der Waals surface area contributed by atoms with Crippen molar-refractivity contribution in [3.63, 3.8) is 0 Å². The van der Waals surface area contributed by atoms with Crippen LogP contribution in [0.25, 0.3) is 10.2 Å². The summed E-state index contributed by atoms with van der Waals surface area (Å²) in [5, 5.41) is 3.80. The standard InChI is InChI=1S/C22H24ClN3O2S/c1-2-26-19-8-7-18(13-20(19)29-22(26)28)24-21(27)16-9-11-25(12-10-16)14-15-3-5-17(23)6-4-15/h3-8,13,16H,2,9-12,14H2,1H3,(H,24,27). The van der Waals surface area contributed by atoms with E-state index in [2.05, 4.69) is 22.3 Å². The third kappa shape index (κ3) is 4.55. The van der Waals surface area contributed by atoms with Crippen LogP contribution >= 0.6 is 22.9 Å². The largest absolute Gasteiger partial charge is 0.326 e. The Morgan fingerprint density at radius 2 is 1.90 bits per heavy atom. The average molecular weight is 430 g/mol. The van der Waals surface area contributed by atoms with Gasteiger partial charge in [-0.25, -0.2) is 0 Å². The monoisotopic (exact) mass is 429 g/mol. The van der Waals surface area contributed by atoms with E-state index < -0.39 is 0 Å². The van der Waals surface area contributed by atoms with Crippen LogP contribution in [0.1, 0.15) is 25.3 Å². The molecule has 0 spiro atoms. The highest BCUT2D eigenvalue weighted by Gasteiger charge is 2.25. The average Bonchev–Trinajstić information content (AvgIpc) is 3.04. The quantitative estimate of drug-likeness (QED) is 0.645. The summed E-state index contributed by atoms with van der Waals surface area (Å²) < 4.78 is 2.66. The van der Waals surface area contributed by atoms with Crippen LogP contribution < -0.4 is 10.2 Å². The van der Waals surface area contributed by atoms with Crippen LogP contribution in [0.15, 0.2) is 47.3 Å². The van der Waals surface area contributed by atoms with E-state index in [9.17, 15) is 9.59 Å². The first-order valence-corrected chi connectivity index (χ1v) is 11.1. The number of likely N-dealkylation sites (tertiary alicyclic amines) is 1. The summed E-state index contributed by atoms with van der Waals surface area (Å²) in [5.41, 5.74) is 2.93. The van der Waals surface area contributed by atoms with Gasteiger partial charge >= 0.3 is 4.87 Å². The van der Waals surface area contributed by atoms with E-state index in [1.54, 1.807) is 4.57 Å². The first-order chi connectivity index (χ1) is 14.0. The summed E-state index contributed by atoms with van der Waals surface area (Å²) >= 11 is 7.17. The number of aryl methyl sites for hydroxylation is 1. The number of hydrogen-bond acceptors (Lipinski definition) is 4. The maximum absolute atomic E-state index is 12.7. The van der Waals surface area contributed by atoms with Crippen LogP contribution in [-0.2, 0) is 17.9 Å². The minimum Gasteiger partial charge on any atom is -0.326 e. The van der Waals surface area contributed by atoms with E-state index in [0.717, 1.165) is 53.4 Å². The number of nitrogens with zero attached hydrogens (tertiary/aromatic N) is 2. The lowest BCUT2D eigenvalue weighted by atomic mass is 9.95. The Labute approximate surface area is 178 Å². The van der Waals surface area contributed by atoms with Crippen molar-refractivity contribution in [3.8, 4) is 0 Å². The van der Waals surface area contributed by atoms with Gasteiger partial charge in [-0.2, -0.15) is 0 Å². The molecule has 4 rings (SSSR count). The molecule has 0 aliphatic carbocycles. The van der Waals surface area contributed by atoms with Crippen LogP contribution in [0.3, 0.4) is 0 Å². The van der Waals surface area contributed by atoms with Crippen molar-refractivity contribution in [2.75, 3.05) is 18.4 Å². The molecule has 1 fully saturated rings. The zero-order valence-electron chi connectivity index (χ0n) is 16.4. The third-order valence-electron chi connectivity index (χ3n) is 5.53. The van der Waals surface area contributed by atoms with Crippen molar-refractivity contribution in [2.24, 2.45) is 5.92 Å². The van der Waals surface area contributed by atoms with E-state index in [-0.39, 0.29) is 16.7 Å². The van der Waals surface area contributed by atoms with E-state index in [4.69, 9.17) is 11.6 Å². The van der Waals surface area contributed by atoms with Gasteiger partial charge in [0.2, 0.25) is 5.91 Å². The highest BCUT2D eigenvalue weighted by molar-refractivity contribution is 7.16. The predicted molar refractivity (Wildman–Crippen MR) is 120 cm³/mol. The van der Waals surface area contributed by atoms with Crippen molar-refractivity contribution >= 4 is 44.7 Å². The fraction of sp³-hybridized carbons (Fsp3) is 0.364. The summed E-state index contributed by atoms with van der Waals surface area (Å²) in [7, 11) is 0. The van der Waals surface area contributed by atoms with Gasteiger partial charge in [-0.05, 0) is 68.8 Å². The number of carbonyl (C=O) groups is 1. The summed E-state index contributed by atoms with van der Waals surface area (Å²) in [4.78, 5) is 27.2. The van der Waals surface area contributed by atoms with E-state index in [0.29, 0.717) is 6.54 Å². The van der Waals surface area contributed by atoms with Gasteiger partial charge in [0.25, 0.3) is 0 Å². The molecule has 0 unspecified atom stereocenters. The highest BCUT2D eigenvalue weighted by atomic mass is 35.5. The van der Waals surface area contributed by atoms with Crippen molar-refractivity contribution < 1.29 is 4.79 Å². The van der Waals surface area contributed by atoms with Gasteiger partial charge in [-0.1, -0.05) is 35.1 Å². The third-order valence-corrected chi connectivity index (χ3v) is 6.72. The van der Waals surface area contributed by atoms with E-state index in [1.807, 2.05) is 37.3 Å². The van der Waals surface area contributed by atoms with Gasteiger partial charge in [0.15, 0.2) is 0 Å². The summed E-state index contributed by atoms with van der Waals surface area (Å²) in [6, 6.07) is 13.6. The fourth-order valence-corrected chi connectivity index (χ4v) is 5.01. The Morgan fingerprint density at radius 3 is 2.59 bits per heavy atom. The minimum absolute atomic E-state index is 0.0196. The molecule has 1 aliphatic rings. The molecule has 1 aromatic heterocycles. The number of thiazole rings is 1. The highest BCUT2D eigenvalue weighted by Crippen LogP contribution is 2.25. The van der Waals surface area contributed by atoms with Crippen LogP contribution in [0.5, 0.6) is 0 Å². The van der Waals surface area contributed by atoms with Gasteiger partial charge in [-0.15, -0.1) is 0 Å². The molecule has 0 atom stereocenters. The number of aromatic nitrogens is 1. The van der Waals surface area contributed by atoms with Crippen molar-refractivity contribution in [1.29, 1.82) is 0 Å².